The van der Waals surface area contributed by atoms with Crippen LogP contribution in [0.4, 0.5) is 0 Å². The minimum absolute atomic E-state index is 0.126. The van der Waals surface area contributed by atoms with Gasteiger partial charge in [0.25, 0.3) is 0 Å². The summed E-state index contributed by atoms with van der Waals surface area (Å²) in [6.45, 7) is 6.52. The molecule has 12 heavy (non-hydrogen) atoms. The quantitative estimate of drug-likeness (QED) is 0.436. The molecule has 0 amide bonds. The van der Waals surface area contributed by atoms with Gasteiger partial charge in [0.15, 0.2) is 0 Å². The van der Waals surface area contributed by atoms with Gasteiger partial charge in [0.2, 0.25) is 6.08 Å². The monoisotopic (exact) mass is 167 g/mol. The van der Waals surface area contributed by atoms with Crippen LogP contribution in [0.15, 0.2) is 4.99 Å². The number of carbonyl (C=O) groups excluding carboxylic acids is 1. The molecule has 68 valence electrons. The number of hydrogen-bond acceptors (Lipinski definition) is 2. The Balaban J connectivity index is 2.71. The zero-order chi connectivity index (χ0) is 9.19. The molecule has 1 aliphatic rings. The third-order valence-corrected chi connectivity index (χ3v) is 2.70. The lowest BCUT2D eigenvalue weighted by molar-refractivity contribution is 0.200. The Kier molecular flexibility index (Phi) is 2.69. The van der Waals surface area contributed by atoms with E-state index in [0.29, 0.717) is 11.8 Å². The van der Waals surface area contributed by atoms with Crippen LogP contribution in [0.3, 0.4) is 0 Å². The highest BCUT2D eigenvalue weighted by Crippen LogP contribution is 2.37. The molecule has 0 aromatic carbocycles. The summed E-state index contributed by atoms with van der Waals surface area (Å²) in [6, 6.07) is 0. The van der Waals surface area contributed by atoms with Crippen molar-refractivity contribution in [3.05, 3.63) is 0 Å². The van der Waals surface area contributed by atoms with Crippen LogP contribution >= 0.6 is 0 Å². The maximum Gasteiger partial charge on any atom is 0.235 e. The summed E-state index contributed by atoms with van der Waals surface area (Å²) in [7, 11) is 0. The fourth-order valence-corrected chi connectivity index (χ4v) is 2.64. The molecule has 2 atom stereocenters. The van der Waals surface area contributed by atoms with Crippen molar-refractivity contribution in [2.45, 2.75) is 45.6 Å². The van der Waals surface area contributed by atoms with Crippen molar-refractivity contribution in [2.24, 2.45) is 16.8 Å². The van der Waals surface area contributed by atoms with Crippen LogP contribution in [0.1, 0.15) is 40.0 Å². The zero-order valence-corrected chi connectivity index (χ0v) is 8.13. The maximum atomic E-state index is 10.2. The van der Waals surface area contributed by atoms with Crippen molar-refractivity contribution in [3.8, 4) is 0 Å². The molecule has 1 aliphatic carbocycles. The predicted octanol–water partition coefficient (Wildman–Crippen LogP) is 2.54. The second-order valence-electron chi connectivity index (χ2n) is 4.55. The first-order valence-electron chi connectivity index (χ1n) is 4.65. The fourth-order valence-electron chi connectivity index (χ4n) is 2.64. The number of aliphatic imine (C=N–C) groups is 1. The highest BCUT2D eigenvalue weighted by molar-refractivity contribution is 5.34. The van der Waals surface area contributed by atoms with Gasteiger partial charge in [-0.3, -0.25) is 0 Å². The Hall–Kier alpha value is -0.620. The lowest BCUT2D eigenvalue weighted by atomic mass is 9.73. The summed E-state index contributed by atoms with van der Waals surface area (Å²) < 4.78 is 0. The molecular formula is C10H17NO. The van der Waals surface area contributed by atoms with Crippen molar-refractivity contribution >= 4 is 6.08 Å². The topological polar surface area (TPSA) is 29.4 Å². The highest BCUT2D eigenvalue weighted by Gasteiger charge is 2.33. The summed E-state index contributed by atoms with van der Waals surface area (Å²) >= 11 is 0. The molecule has 2 heteroatoms. The summed E-state index contributed by atoms with van der Waals surface area (Å²) in [4.78, 5) is 14.1. The van der Waals surface area contributed by atoms with Crippen molar-refractivity contribution < 1.29 is 4.79 Å². The van der Waals surface area contributed by atoms with Crippen LogP contribution in [0.25, 0.3) is 0 Å². The van der Waals surface area contributed by atoms with Crippen LogP contribution < -0.4 is 0 Å². The number of nitrogens with zero attached hydrogens (tertiary/aromatic N) is 1. The van der Waals surface area contributed by atoms with Gasteiger partial charge in [-0.1, -0.05) is 13.8 Å². The van der Waals surface area contributed by atoms with Gasteiger partial charge in [-0.2, -0.15) is 4.99 Å². The Morgan fingerprint density at radius 3 is 2.25 bits per heavy atom. The molecule has 0 aromatic heterocycles. The number of rotatable bonds is 1. The van der Waals surface area contributed by atoms with E-state index >= 15 is 0 Å². The van der Waals surface area contributed by atoms with E-state index in [9.17, 15) is 4.79 Å². The van der Waals surface area contributed by atoms with Gasteiger partial charge in [-0.05, 0) is 38.0 Å². The second kappa shape index (κ2) is 3.40. The third kappa shape index (κ3) is 2.18. The number of hydrogen-bond donors (Lipinski definition) is 0. The fraction of sp³-hybridized carbons (Fsp3) is 0.900. The van der Waals surface area contributed by atoms with Crippen molar-refractivity contribution in [1.82, 2.24) is 0 Å². The SMILES string of the molecule is CC1CC(C)CC(C)(N=C=O)C1. The normalized spacial score (nSPS) is 41.9. The van der Waals surface area contributed by atoms with E-state index in [4.69, 9.17) is 0 Å². The Bertz CT molecular complexity index is 196. The smallest absolute Gasteiger partial charge is 0.211 e. The van der Waals surface area contributed by atoms with Crippen molar-refractivity contribution in [1.29, 1.82) is 0 Å². The summed E-state index contributed by atoms with van der Waals surface area (Å²) in [5, 5.41) is 0. The second-order valence-corrected chi connectivity index (χ2v) is 4.55. The van der Waals surface area contributed by atoms with E-state index in [-0.39, 0.29) is 5.54 Å². The molecule has 0 bridgehead atoms. The van der Waals surface area contributed by atoms with Gasteiger partial charge in [0.05, 0.1) is 5.54 Å². The van der Waals surface area contributed by atoms with E-state index < -0.39 is 0 Å². The molecule has 0 spiro atoms. The molecule has 0 aromatic rings. The van der Waals surface area contributed by atoms with E-state index in [2.05, 4.69) is 25.8 Å². The van der Waals surface area contributed by atoms with Crippen LogP contribution in [-0.4, -0.2) is 11.6 Å². The Labute approximate surface area is 74.1 Å². The largest absolute Gasteiger partial charge is 0.235 e. The first-order chi connectivity index (χ1) is 5.56. The zero-order valence-electron chi connectivity index (χ0n) is 8.13. The van der Waals surface area contributed by atoms with Gasteiger partial charge in [0, 0.05) is 0 Å². The molecule has 2 unspecified atom stereocenters. The molecule has 0 heterocycles. The molecule has 0 saturated heterocycles. The molecule has 1 saturated carbocycles. The Morgan fingerprint density at radius 1 is 1.33 bits per heavy atom. The maximum absolute atomic E-state index is 10.2. The summed E-state index contributed by atoms with van der Waals surface area (Å²) in [6.07, 6.45) is 5.03. The van der Waals surface area contributed by atoms with Crippen LogP contribution in [-0.2, 0) is 4.79 Å². The van der Waals surface area contributed by atoms with Crippen LogP contribution in [0.2, 0.25) is 0 Å². The molecule has 0 radical (unpaired) electrons. The average Bonchev–Trinajstić information content (AvgIpc) is 1.82. The first kappa shape index (κ1) is 9.47. The standard InChI is InChI=1S/C10H17NO/c1-8-4-9(2)6-10(3,5-8)11-7-12/h8-9H,4-6H2,1-3H3. The molecule has 1 rings (SSSR count). The summed E-state index contributed by atoms with van der Waals surface area (Å²) in [5.41, 5.74) is -0.126. The highest BCUT2D eigenvalue weighted by atomic mass is 16.1. The van der Waals surface area contributed by atoms with Gasteiger partial charge in [-0.15, -0.1) is 0 Å². The van der Waals surface area contributed by atoms with E-state index in [1.807, 2.05) is 0 Å². The van der Waals surface area contributed by atoms with Gasteiger partial charge in [-0.25, -0.2) is 4.79 Å². The number of isocyanates is 1. The molecule has 0 aliphatic heterocycles. The predicted molar refractivity (Wildman–Crippen MR) is 48.7 cm³/mol. The van der Waals surface area contributed by atoms with E-state index in [1.54, 1.807) is 6.08 Å². The lowest BCUT2D eigenvalue weighted by Gasteiger charge is -2.36. The molecule has 2 nitrogen and oxygen atoms in total. The molecular weight excluding hydrogens is 150 g/mol. The Morgan fingerprint density at radius 2 is 1.83 bits per heavy atom. The van der Waals surface area contributed by atoms with Crippen molar-refractivity contribution in [2.75, 3.05) is 0 Å². The third-order valence-electron chi connectivity index (χ3n) is 2.70. The average molecular weight is 167 g/mol. The van der Waals surface area contributed by atoms with Crippen LogP contribution in [0, 0.1) is 11.8 Å². The first-order valence-corrected chi connectivity index (χ1v) is 4.65. The van der Waals surface area contributed by atoms with Crippen LogP contribution in [0.5, 0.6) is 0 Å². The molecule has 0 N–H and O–H groups in total. The van der Waals surface area contributed by atoms with Gasteiger partial charge < -0.3 is 0 Å². The molecule has 1 fully saturated rings. The lowest BCUT2D eigenvalue weighted by Crippen LogP contribution is -2.33. The van der Waals surface area contributed by atoms with Crippen molar-refractivity contribution in [3.63, 3.8) is 0 Å². The van der Waals surface area contributed by atoms with Gasteiger partial charge >= 0.3 is 0 Å². The summed E-state index contributed by atoms with van der Waals surface area (Å²) in [5.74, 6) is 1.38. The van der Waals surface area contributed by atoms with Gasteiger partial charge in [0.1, 0.15) is 0 Å². The van der Waals surface area contributed by atoms with E-state index in [0.717, 1.165) is 12.8 Å². The minimum atomic E-state index is -0.126. The minimum Gasteiger partial charge on any atom is -0.211 e. The van der Waals surface area contributed by atoms with E-state index in [1.165, 1.54) is 6.42 Å².